The molecule has 0 spiro atoms. The molecule has 0 fully saturated rings. The molecule has 0 saturated carbocycles. The molecule has 3 aromatic carbocycles. The molecule has 5 heteroatoms. The third-order valence-electron chi connectivity index (χ3n) is 6.22. The van der Waals surface area contributed by atoms with Gasteiger partial charge in [0.05, 0.1) is 44.8 Å². The Balaban J connectivity index is 2.08. The molecule has 3 aromatic rings. The highest BCUT2D eigenvalue weighted by Gasteiger charge is 2.35. The van der Waals surface area contributed by atoms with Crippen molar-refractivity contribution in [2.24, 2.45) is 0 Å². The van der Waals surface area contributed by atoms with Crippen molar-refractivity contribution >= 4 is 22.2 Å². The summed E-state index contributed by atoms with van der Waals surface area (Å²) in [6.45, 7) is 6.56. The molecule has 4 rings (SSSR count). The molecule has 1 heterocycles. The normalized spacial score (nSPS) is 15.6. The van der Waals surface area contributed by atoms with Crippen LogP contribution < -0.4 is 18.9 Å². The van der Waals surface area contributed by atoms with Crippen molar-refractivity contribution in [1.29, 1.82) is 0 Å². The molecule has 0 N–H and O–H groups in total. The van der Waals surface area contributed by atoms with Crippen LogP contribution in [0.3, 0.4) is 0 Å². The van der Waals surface area contributed by atoms with Gasteiger partial charge in [0.15, 0.2) is 11.8 Å². The van der Waals surface area contributed by atoms with Gasteiger partial charge in [0.25, 0.3) is 0 Å². The largest absolute Gasteiger partial charge is 0.497 e. The lowest BCUT2D eigenvalue weighted by Gasteiger charge is -2.25. The lowest BCUT2D eigenvalue weighted by atomic mass is 9.90. The smallest absolute Gasteiger partial charge is 0.216 e. The number of rotatable bonds is 5. The van der Waals surface area contributed by atoms with E-state index in [1.54, 1.807) is 28.4 Å². The molecule has 0 aromatic heterocycles. The molecule has 0 bridgehead atoms. The molecule has 0 unspecified atom stereocenters. The van der Waals surface area contributed by atoms with Crippen LogP contribution in [0.5, 0.6) is 23.0 Å². The zero-order chi connectivity index (χ0) is 22.3. The average Bonchev–Trinajstić information content (AvgIpc) is 2.78. The Morgan fingerprint density at radius 1 is 0.839 bits per heavy atom. The second-order valence-electron chi connectivity index (χ2n) is 8.00. The number of benzene rings is 3. The molecule has 1 aliphatic heterocycles. The predicted molar refractivity (Wildman–Crippen MR) is 124 cm³/mol. The van der Waals surface area contributed by atoms with Crippen LogP contribution in [0.15, 0.2) is 36.4 Å². The van der Waals surface area contributed by atoms with Crippen LogP contribution in [0.4, 0.5) is 5.69 Å². The van der Waals surface area contributed by atoms with Crippen LogP contribution in [0.25, 0.3) is 10.8 Å². The SMILES string of the molecule is COc1cc2c(c(OC)c1)C(C)=[N+](c1c(C)cc(OC)c3c(OC)cccc13)[C@@H](C)C2. The molecule has 5 nitrogen and oxygen atoms in total. The van der Waals surface area contributed by atoms with Gasteiger partial charge < -0.3 is 18.9 Å². The van der Waals surface area contributed by atoms with E-state index in [0.29, 0.717) is 0 Å². The van der Waals surface area contributed by atoms with E-state index in [1.807, 2.05) is 18.2 Å². The van der Waals surface area contributed by atoms with Crippen LogP contribution in [-0.4, -0.2) is 44.8 Å². The Morgan fingerprint density at radius 2 is 1.55 bits per heavy atom. The van der Waals surface area contributed by atoms with Gasteiger partial charge in [-0.05, 0) is 43.7 Å². The molecule has 0 radical (unpaired) electrons. The molecule has 0 amide bonds. The summed E-state index contributed by atoms with van der Waals surface area (Å²) in [5.41, 5.74) is 5.85. The maximum absolute atomic E-state index is 5.77. The first-order chi connectivity index (χ1) is 14.9. The van der Waals surface area contributed by atoms with E-state index in [1.165, 1.54) is 11.3 Å². The molecule has 162 valence electrons. The summed E-state index contributed by atoms with van der Waals surface area (Å²) in [6.07, 6.45) is 0.886. The maximum Gasteiger partial charge on any atom is 0.216 e. The van der Waals surface area contributed by atoms with Crippen molar-refractivity contribution in [3.05, 3.63) is 53.1 Å². The number of hydrogen-bond acceptors (Lipinski definition) is 4. The number of fused-ring (bicyclic) bond motifs is 2. The molecular weight excluding hydrogens is 390 g/mol. The highest BCUT2D eigenvalue weighted by Crippen LogP contribution is 2.43. The zero-order valence-corrected chi connectivity index (χ0v) is 19.3. The van der Waals surface area contributed by atoms with Gasteiger partial charge in [0.1, 0.15) is 23.0 Å². The molecular formula is C26H30NO4+. The molecule has 1 aliphatic rings. The van der Waals surface area contributed by atoms with Crippen molar-refractivity contribution in [2.75, 3.05) is 28.4 Å². The summed E-state index contributed by atoms with van der Waals surface area (Å²) in [7, 11) is 6.80. The number of aryl methyl sites for hydroxylation is 1. The Hall–Kier alpha value is -3.21. The van der Waals surface area contributed by atoms with Gasteiger partial charge in [-0.3, -0.25) is 0 Å². The third-order valence-corrected chi connectivity index (χ3v) is 6.22. The number of nitrogens with zero attached hydrogens (tertiary/aromatic N) is 1. The predicted octanol–water partition coefficient (Wildman–Crippen LogP) is 5.28. The number of methoxy groups -OCH3 is 4. The van der Waals surface area contributed by atoms with Crippen LogP contribution in [0, 0.1) is 6.92 Å². The quantitative estimate of drug-likeness (QED) is 0.527. The van der Waals surface area contributed by atoms with Gasteiger partial charge in [-0.15, -0.1) is 0 Å². The third kappa shape index (κ3) is 3.29. The lowest BCUT2D eigenvalue weighted by molar-refractivity contribution is -0.481. The standard InChI is InChI=1S/C26H30NO4/c1-15-11-22(30-6)25-20(9-8-10-21(25)29-5)26(15)27-16(2)12-18-13-19(28-4)14-23(31-7)24(18)17(27)3/h8-11,13-14,16H,12H2,1-7H3/q+1/t16-/m0/s1. The van der Waals surface area contributed by atoms with Gasteiger partial charge in [-0.2, -0.15) is 4.58 Å². The van der Waals surface area contributed by atoms with E-state index in [0.717, 1.165) is 57.0 Å². The van der Waals surface area contributed by atoms with Crippen molar-refractivity contribution < 1.29 is 23.5 Å². The van der Waals surface area contributed by atoms with Crippen LogP contribution in [0.1, 0.15) is 30.5 Å². The Morgan fingerprint density at radius 3 is 2.19 bits per heavy atom. The highest BCUT2D eigenvalue weighted by molar-refractivity contribution is 6.04. The summed E-state index contributed by atoms with van der Waals surface area (Å²) in [4.78, 5) is 0. The first kappa shape index (κ1) is 21.0. The zero-order valence-electron chi connectivity index (χ0n) is 19.3. The van der Waals surface area contributed by atoms with Crippen LogP contribution >= 0.6 is 0 Å². The van der Waals surface area contributed by atoms with Gasteiger partial charge >= 0.3 is 0 Å². The second kappa shape index (κ2) is 8.14. The Kier molecular flexibility index (Phi) is 5.52. The van der Waals surface area contributed by atoms with E-state index < -0.39 is 0 Å². The monoisotopic (exact) mass is 420 g/mol. The average molecular weight is 421 g/mol. The summed E-state index contributed by atoms with van der Waals surface area (Å²) in [5, 5.41) is 2.10. The van der Waals surface area contributed by atoms with E-state index in [-0.39, 0.29) is 6.04 Å². The van der Waals surface area contributed by atoms with E-state index >= 15 is 0 Å². The van der Waals surface area contributed by atoms with Crippen LogP contribution in [0.2, 0.25) is 0 Å². The van der Waals surface area contributed by atoms with Gasteiger partial charge in [-0.1, -0.05) is 6.07 Å². The molecule has 1 atom stereocenters. The van der Waals surface area contributed by atoms with Gasteiger partial charge in [0.2, 0.25) is 5.69 Å². The van der Waals surface area contributed by atoms with E-state index in [2.05, 4.69) is 43.5 Å². The molecule has 0 aliphatic carbocycles. The van der Waals surface area contributed by atoms with Crippen molar-refractivity contribution in [3.8, 4) is 23.0 Å². The minimum atomic E-state index is 0.255. The molecule has 0 saturated heterocycles. The van der Waals surface area contributed by atoms with Gasteiger partial charge in [0, 0.05) is 25.0 Å². The van der Waals surface area contributed by atoms with Crippen LogP contribution in [-0.2, 0) is 6.42 Å². The van der Waals surface area contributed by atoms with Gasteiger partial charge in [-0.25, -0.2) is 0 Å². The fraction of sp³-hybridized carbons (Fsp3) is 0.346. The first-order valence-corrected chi connectivity index (χ1v) is 10.5. The second-order valence-corrected chi connectivity index (χ2v) is 8.00. The fourth-order valence-electron chi connectivity index (χ4n) is 4.93. The van der Waals surface area contributed by atoms with Crippen molar-refractivity contribution in [2.45, 2.75) is 33.2 Å². The van der Waals surface area contributed by atoms with E-state index in [4.69, 9.17) is 18.9 Å². The summed E-state index contributed by atoms with van der Waals surface area (Å²) >= 11 is 0. The fourth-order valence-corrected chi connectivity index (χ4v) is 4.93. The van der Waals surface area contributed by atoms with Crippen molar-refractivity contribution in [1.82, 2.24) is 0 Å². The summed E-state index contributed by atoms with van der Waals surface area (Å²) in [5.74, 6) is 3.27. The lowest BCUT2D eigenvalue weighted by Crippen LogP contribution is -2.33. The first-order valence-electron chi connectivity index (χ1n) is 10.5. The minimum absolute atomic E-state index is 0.255. The van der Waals surface area contributed by atoms with Crippen molar-refractivity contribution in [3.63, 3.8) is 0 Å². The summed E-state index contributed by atoms with van der Waals surface area (Å²) in [6, 6.07) is 12.6. The maximum atomic E-state index is 5.77. The summed E-state index contributed by atoms with van der Waals surface area (Å²) < 4.78 is 25.1. The topological polar surface area (TPSA) is 39.9 Å². The number of hydrogen-bond donors (Lipinski definition) is 0. The highest BCUT2D eigenvalue weighted by atomic mass is 16.5. The van der Waals surface area contributed by atoms with E-state index in [9.17, 15) is 0 Å². The minimum Gasteiger partial charge on any atom is -0.497 e. The Bertz CT molecular complexity index is 1200. The Labute approximate surface area is 183 Å². The number of ether oxygens (including phenoxy) is 4. The molecule has 31 heavy (non-hydrogen) atoms.